The molecule has 1 aromatic heterocycles. The van der Waals surface area contributed by atoms with E-state index in [1.54, 1.807) is 13.1 Å². The minimum Gasteiger partial charge on any atom is -0.489 e. The number of nitrogens with one attached hydrogen (secondary N) is 1. The Morgan fingerprint density at radius 1 is 1.03 bits per heavy atom. The van der Waals surface area contributed by atoms with Gasteiger partial charge in [0.1, 0.15) is 24.1 Å². The molecule has 0 fully saturated rings. The van der Waals surface area contributed by atoms with E-state index >= 15 is 0 Å². The molecular weight excluding hydrogens is 396 g/mol. The number of H-pyrrole nitrogens is 1. The SMILES string of the molecule is CN1C(=O)[C@@H](N2CCc3c([nH]n(Cc4ccccc4)c3=O)C2=O)COc2ccccc21. The number of likely N-dealkylation sites (N-methyl/N-ethyl adjacent to an activating group) is 1. The van der Waals surface area contributed by atoms with E-state index in [4.69, 9.17) is 4.74 Å². The van der Waals surface area contributed by atoms with E-state index in [-0.39, 0.29) is 36.2 Å². The van der Waals surface area contributed by atoms with Crippen molar-refractivity contribution in [1.82, 2.24) is 14.7 Å². The minimum absolute atomic E-state index is 0.0657. The molecule has 3 aromatic rings. The molecule has 2 amide bonds. The number of carbonyl (C=O) groups is 2. The zero-order valence-electron chi connectivity index (χ0n) is 17.1. The van der Waals surface area contributed by atoms with E-state index in [0.717, 1.165) is 5.56 Å². The molecule has 1 atom stereocenters. The van der Waals surface area contributed by atoms with Crippen LogP contribution in [-0.4, -0.2) is 52.7 Å². The van der Waals surface area contributed by atoms with Crippen molar-refractivity contribution in [2.75, 3.05) is 25.1 Å². The van der Waals surface area contributed by atoms with Gasteiger partial charge < -0.3 is 14.5 Å². The minimum atomic E-state index is -0.765. The molecule has 0 saturated heterocycles. The molecule has 0 radical (unpaired) electrons. The Kier molecular flexibility index (Phi) is 4.62. The highest BCUT2D eigenvalue weighted by Gasteiger charge is 2.40. The van der Waals surface area contributed by atoms with Gasteiger partial charge in [-0.05, 0) is 24.1 Å². The molecule has 3 heterocycles. The molecule has 0 bridgehead atoms. The summed E-state index contributed by atoms with van der Waals surface area (Å²) in [7, 11) is 1.68. The van der Waals surface area contributed by atoms with Crippen LogP contribution in [0.3, 0.4) is 0 Å². The molecule has 2 aliphatic rings. The predicted molar refractivity (Wildman–Crippen MR) is 114 cm³/mol. The molecule has 0 aliphatic carbocycles. The summed E-state index contributed by atoms with van der Waals surface area (Å²) in [5.74, 6) is 0.0349. The number of fused-ring (bicyclic) bond motifs is 2. The molecule has 0 unspecified atom stereocenters. The Morgan fingerprint density at radius 3 is 2.58 bits per heavy atom. The number of rotatable bonds is 3. The lowest BCUT2D eigenvalue weighted by Gasteiger charge is -2.33. The van der Waals surface area contributed by atoms with Crippen LogP contribution in [0.4, 0.5) is 5.69 Å². The maximum Gasteiger partial charge on any atom is 0.273 e. The fourth-order valence-electron chi connectivity index (χ4n) is 4.25. The predicted octanol–water partition coefficient (Wildman–Crippen LogP) is 1.65. The molecule has 0 spiro atoms. The highest BCUT2D eigenvalue weighted by Crippen LogP contribution is 2.31. The van der Waals surface area contributed by atoms with Gasteiger partial charge >= 0.3 is 0 Å². The summed E-state index contributed by atoms with van der Waals surface area (Å²) < 4.78 is 7.32. The zero-order chi connectivity index (χ0) is 21.5. The third-order valence-electron chi connectivity index (χ3n) is 5.93. The van der Waals surface area contributed by atoms with Crippen LogP contribution in [0, 0.1) is 0 Å². The number of para-hydroxylation sites is 2. The van der Waals surface area contributed by atoms with E-state index in [9.17, 15) is 14.4 Å². The fourth-order valence-corrected chi connectivity index (χ4v) is 4.25. The van der Waals surface area contributed by atoms with Gasteiger partial charge in [-0.15, -0.1) is 0 Å². The van der Waals surface area contributed by atoms with Crippen LogP contribution in [-0.2, 0) is 17.8 Å². The molecular formula is C23H22N4O4. The van der Waals surface area contributed by atoms with Gasteiger partial charge in [0.25, 0.3) is 17.4 Å². The third-order valence-corrected chi connectivity index (χ3v) is 5.93. The monoisotopic (exact) mass is 418 g/mol. The molecule has 0 saturated carbocycles. The van der Waals surface area contributed by atoms with E-state index in [1.807, 2.05) is 48.5 Å². The second-order valence-electron chi connectivity index (χ2n) is 7.78. The summed E-state index contributed by atoms with van der Waals surface area (Å²) >= 11 is 0. The smallest absolute Gasteiger partial charge is 0.273 e. The Bertz CT molecular complexity index is 1210. The summed E-state index contributed by atoms with van der Waals surface area (Å²) in [6, 6.07) is 16.1. The summed E-state index contributed by atoms with van der Waals surface area (Å²) in [5, 5.41) is 2.98. The maximum absolute atomic E-state index is 13.3. The molecule has 158 valence electrons. The largest absolute Gasteiger partial charge is 0.489 e. The van der Waals surface area contributed by atoms with Gasteiger partial charge in [0.05, 0.1) is 17.8 Å². The van der Waals surface area contributed by atoms with Gasteiger partial charge in [0.15, 0.2) is 0 Å². The summed E-state index contributed by atoms with van der Waals surface area (Å²) in [6.07, 6.45) is 0.388. The number of anilines is 1. The van der Waals surface area contributed by atoms with E-state index in [1.165, 1.54) is 14.5 Å². The van der Waals surface area contributed by atoms with Crippen molar-refractivity contribution in [3.8, 4) is 5.75 Å². The molecule has 2 aliphatic heterocycles. The highest BCUT2D eigenvalue weighted by molar-refractivity contribution is 6.03. The second kappa shape index (κ2) is 7.46. The summed E-state index contributed by atoms with van der Waals surface area (Å²) in [4.78, 5) is 42.3. The van der Waals surface area contributed by atoms with Crippen molar-refractivity contribution in [2.45, 2.75) is 19.0 Å². The first kappa shape index (κ1) is 19.2. The Morgan fingerprint density at radius 2 is 1.77 bits per heavy atom. The van der Waals surface area contributed by atoms with Crippen LogP contribution in [0.25, 0.3) is 0 Å². The van der Waals surface area contributed by atoms with Crippen molar-refractivity contribution in [3.63, 3.8) is 0 Å². The van der Waals surface area contributed by atoms with Crippen molar-refractivity contribution < 1.29 is 14.3 Å². The first-order valence-corrected chi connectivity index (χ1v) is 10.2. The number of nitrogens with zero attached hydrogens (tertiary/aromatic N) is 3. The van der Waals surface area contributed by atoms with Gasteiger partial charge in [-0.1, -0.05) is 42.5 Å². The summed E-state index contributed by atoms with van der Waals surface area (Å²) in [5.41, 5.74) is 2.15. The van der Waals surface area contributed by atoms with Crippen LogP contribution in [0.15, 0.2) is 59.4 Å². The van der Waals surface area contributed by atoms with E-state index in [2.05, 4.69) is 5.10 Å². The topological polar surface area (TPSA) is 87.6 Å². The van der Waals surface area contributed by atoms with Crippen LogP contribution < -0.4 is 15.2 Å². The fraction of sp³-hybridized carbons (Fsp3) is 0.261. The molecule has 31 heavy (non-hydrogen) atoms. The number of aromatic amines is 1. The first-order chi connectivity index (χ1) is 15.0. The van der Waals surface area contributed by atoms with Crippen molar-refractivity contribution in [3.05, 3.63) is 81.8 Å². The Labute approximate surface area is 178 Å². The number of ether oxygens (including phenoxy) is 1. The van der Waals surface area contributed by atoms with Crippen molar-refractivity contribution in [2.24, 2.45) is 0 Å². The Balaban J connectivity index is 1.43. The van der Waals surface area contributed by atoms with Crippen LogP contribution >= 0.6 is 0 Å². The zero-order valence-corrected chi connectivity index (χ0v) is 17.1. The van der Waals surface area contributed by atoms with Gasteiger partial charge in [0.2, 0.25) is 0 Å². The molecule has 8 nitrogen and oxygen atoms in total. The van der Waals surface area contributed by atoms with E-state index in [0.29, 0.717) is 30.0 Å². The van der Waals surface area contributed by atoms with Crippen LogP contribution in [0.2, 0.25) is 0 Å². The average Bonchev–Trinajstić information content (AvgIpc) is 3.05. The van der Waals surface area contributed by atoms with Crippen molar-refractivity contribution >= 4 is 17.5 Å². The number of hydrogen-bond donors (Lipinski definition) is 1. The Hall–Kier alpha value is -3.81. The highest BCUT2D eigenvalue weighted by atomic mass is 16.5. The number of aromatic nitrogens is 2. The number of amides is 2. The summed E-state index contributed by atoms with van der Waals surface area (Å²) in [6.45, 7) is 0.702. The molecule has 2 aromatic carbocycles. The van der Waals surface area contributed by atoms with Crippen LogP contribution in [0.1, 0.15) is 21.6 Å². The van der Waals surface area contributed by atoms with Gasteiger partial charge in [-0.2, -0.15) is 0 Å². The van der Waals surface area contributed by atoms with Gasteiger partial charge in [-0.25, -0.2) is 4.68 Å². The number of carbonyl (C=O) groups excluding carboxylic acids is 2. The maximum atomic E-state index is 13.3. The molecule has 5 rings (SSSR count). The number of hydrogen-bond acceptors (Lipinski definition) is 4. The van der Waals surface area contributed by atoms with E-state index < -0.39 is 6.04 Å². The lowest BCUT2D eigenvalue weighted by molar-refractivity contribution is -0.123. The lowest BCUT2D eigenvalue weighted by Crippen LogP contribution is -2.54. The van der Waals surface area contributed by atoms with Gasteiger partial charge in [0, 0.05) is 13.6 Å². The average molecular weight is 418 g/mol. The standard InChI is InChI=1S/C23H22N4O4/c1-25-17-9-5-6-10-19(17)31-14-18(22(25)29)26-12-11-16-20(23(26)30)24-27(21(16)28)13-15-7-3-2-4-8-15/h2-10,18,24H,11-14H2,1H3/t18-/m0/s1. The first-order valence-electron chi connectivity index (χ1n) is 10.2. The quantitative estimate of drug-likeness (QED) is 0.701. The lowest BCUT2D eigenvalue weighted by atomic mass is 10.0. The molecule has 1 N–H and O–H groups in total. The normalized spacial score (nSPS) is 18.3. The molecule has 8 heteroatoms. The number of benzene rings is 2. The second-order valence-corrected chi connectivity index (χ2v) is 7.78. The van der Waals surface area contributed by atoms with Crippen LogP contribution in [0.5, 0.6) is 5.75 Å². The van der Waals surface area contributed by atoms with Crippen molar-refractivity contribution in [1.29, 1.82) is 0 Å². The third kappa shape index (κ3) is 3.20. The van der Waals surface area contributed by atoms with Gasteiger partial charge in [-0.3, -0.25) is 19.5 Å².